The summed E-state index contributed by atoms with van der Waals surface area (Å²) in [5, 5.41) is 2.20. The molecule has 8 nitrogen and oxygen atoms in total. The molecule has 0 unspecified atom stereocenters. The monoisotopic (exact) mass is 539 g/mol. The van der Waals surface area contributed by atoms with E-state index in [0.717, 1.165) is 10.5 Å². The van der Waals surface area contributed by atoms with Gasteiger partial charge in [0.2, 0.25) is 10.0 Å². The first-order chi connectivity index (χ1) is 16.9. The summed E-state index contributed by atoms with van der Waals surface area (Å²) in [4.78, 5) is 17.3. The molecular weight excluding hydrogens is 512 g/mol. The van der Waals surface area contributed by atoms with Crippen molar-refractivity contribution in [2.45, 2.75) is 53.1 Å². The molecule has 2 fully saturated rings. The van der Waals surface area contributed by atoms with E-state index in [4.69, 9.17) is 0 Å². The Bertz CT molecular complexity index is 1360. The number of halogens is 2. The van der Waals surface area contributed by atoms with Gasteiger partial charge in [0.1, 0.15) is 23.1 Å². The highest BCUT2D eigenvalue weighted by Gasteiger charge is 2.37. The normalized spacial score (nSPS) is 23.1. The van der Waals surface area contributed by atoms with E-state index in [-0.39, 0.29) is 39.3 Å². The molecule has 0 aliphatic heterocycles. The van der Waals surface area contributed by atoms with Crippen LogP contribution in [0.4, 0.5) is 14.6 Å². The second-order valence-electron chi connectivity index (χ2n) is 9.23. The van der Waals surface area contributed by atoms with Crippen molar-refractivity contribution in [3.63, 3.8) is 0 Å². The molecule has 0 bridgehead atoms. The van der Waals surface area contributed by atoms with Crippen LogP contribution in [0.15, 0.2) is 58.5 Å². The van der Waals surface area contributed by atoms with E-state index in [1.54, 1.807) is 0 Å². The first-order valence-electron chi connectivity index (χ1n) is 11.4. The van der Waals surface area contributed by atoms with Crippen LogP contribution >= 0.6 is 0 Å². The van der Waals surface area contributed by atoms with Crippen molar-refractivity contribution in [3.8, 4) is 0 Å². The van der Waals surface area contributed by atoms with Crippen LogP contribution in [0.3, 0.4) is 0 Å². The minimum atomic E-state index is -3.70. The zero-order valence-corrected chi connectivity index (χ0v) is 21.4. The van der Waals surface area contributed by atoms with Crippen LogP contribution in [0, 0.1) is 5.92 Å². The smallest absolute Gasteiger partial charge is 0.257 e. The number of alkyl halides is 2. The molecule has 1 heterocycles. The van der Waals surface area contributed by atoms with Gasteiger partial charge in [-0.2, -0.15) is 0 Å². The van der Waals surface area contributed by atoms with Crippen molar-refractivity contribution in [1.82, 2.24) is 9.29 Å². The van der Waals surface area contributed by atoms with Crippen molar-refractivity contribution in [2.24, 2.45) is 5.92 Å². The lowest BCUT2D eigenvalue weighted by Gasteiger charge is -2.14. The van der Waals surface area contributed by atoms with Gasteiger partial charge in [0.15, 0.2) is 9.84 Å². The number of benzene rings is 1. The summed E-state index contributed by atoms with van der Waals surface area (Å²) in [6.07, 6.45) is 0.485. The number of nitrogens with zero attached hydrogens (tertiary/aromatic N) is 2. The van der Waals surface area contributed by atoms with E-state index in [1.807, 2.05) is 0 Å². The number of hydrogen-bond donors (Lipinski definition) is 1. The van der Waals surface area contributed by atoms with E-state index < -0.39 is 44.0 Å². The van der Waals surface area contributed by atoms with Crippen LogP contribution in [-0.4, -0.2) is 63.7 Å². The highest BCUT2D eigenvalue weighted by molar-refractivity contribution is 7.92. The third kappa shape index (κ3) is 5.50. The molecule has 1 aromatic heterocycles. The minimum Gasteiger partial charge on any atom is -0.307 e. The van der Waals surface area contributed by atoms with Gasteiger partial charge in [-0.25, -0.2) is 34.9 Å². The predicted octanol–water partition coefficient (Wildman–Crippen LogP) is 3.38. The number of aromatic nitrogens is 1. The topological polar surface area (TPSA) is 114 Å². The largest absolute Gasteiger partial charge is 0.307 e. The number of pyridine rings is 1. The van der Waals surface area contributed by atoms with Gasteiger partial charge in [0.05, 0.1) is 10.1 Å². The Kier molecular flexibility index (Phi) is 7.31. The number of hydrogen-bond acceptors (Lipinski definition) is 6. The van der Waals surface area contributed by atoms with Crippen molar-refractivity contribution >= 4 is 37.2 Å². The van der Waals surface area contributed by atoms with Gasteiger partial charge in [-0.15, -0.1) is 0 Å². The van der Waals surface area contributed by atoms with Crippen LogP contribution in [0.1, 0.15) is 31.2 Å². The van der Waals surface area contributed by atoms with Crippen LogP contribution in [0.25, 0.3) is 5.57 Å². The SMILES string of the molecule is CN(C)S(=O)(=O)c1ccc(NC(=O)/C(=C/[C@H]2C[C@@H](F)[C@@H](F)C2)c2ccc(S(=O)(=O)C3CC3)cc2)nc1. The van der Waals surface area contributed by atoms with Crippen LogP contribution < -0.4 is 5.32 Å². The zero-order valence-electron chi connectivity index (χ0n) is 19.8. The second-order valence-corrected chi connectivity index (χ2v) is 13.6. The Labute approximate surface area is 209 Å². The summed E-state index contributed by atoms with van der Waals surface area (Å²) >= 11 is 0. The molecule has 2 aliphatic rings. The molecule has 1 amide bonds. The third-order valence-electron chi connectivity index (χ3n) is 6.31. The summed E-state index contributed by atoms with van der Waals surface area (Å²) in [5.41, 5.74) is 0.496. The summed E-state index contributed by atoms with van der Waals surface area (Å²) in [7, 11) is -4.35. The maximum atomic E-state index is 13.8. The molecular formula is C24H27F2N3O5S2. The standard InChI is InChI=1S/C24H27F2N3O5S2/c1-29(2)36(33,34)19-9-10-23(27-14-19)28-24(30)20(11-15-12-21(25)22(26)13-15)16-3-5-17(6-4-16)35(31,32)18-7-8-18/h3-6,9-11,14-15,18,21-22H,7-8,12-13H2,1-2H3,(H,27,28,30)/b20-11+/t15-,21+,22-. The molecule has 1 aromatic carbocycles. The number of carbonyl (C=O) groups is 1. The number of carbonyl (C=O) groups excluding carboxylic acids is 1. The highest BCUT2D eigenvalue weighted by atomic mass is 32.2. The molecule has 36 heavy (non-hydrogen) atoms. The van der Waals surface area contributed by atoms with E-state index in [2.05, 4.69) is 10.3 Å². The van der Waals surface area contributed by atoms with Crippen molar-refractivity contribution in [1.29, 1.82) is 0 Å². The number of anilines is 1. The summed E-state index contributed by atoms with van der Waals surface area (Å²) < 4.78 is 78.1. The number of rotatable bonds is 8. The Balaban J connectivity index is 1.61. The fraction of sp³-hybridized carbons (Fsp3) is 0.417. The van der Waals surface area contributed by atoms with E-state index in [0.29, 0.717) is 18.4 Å². The van der Waals surface area contributed by atoms with Gasteiger partial charge >= 0.3 is 0 Å². The first-order valence-corrected chi connectivity index (χ1v) is 14.4. The molecule has 0 spiro atoms. The lowest BCUT2D eigenvalue weighted by molar-refractivity contribution is -0.111. The average Bonchev–Trinajstić information content (AvgIpc) is 3.64. The molecule has 2 aliphatic carbocycles. The minimum absolute atomic E-state index is 0.0531. The molecule has 194 valence electrons. The van der Waals surface area contributed by atoms with Gasteiger partial charge < -0.3 is 5.32 Å². The highest BCUT2D eigenvalue weighted by Crippen LogP contribution is 2.36. The lowest BCUT2D eigenvalue weighted by atomic mass is 9.98. The van der Waals surface area contributed by atoms with Crippen molar-refractivity contribution in [3.05, 3.63) is 54.2 Å². The van der Waals surface area contributed by atoms with E-state index in [1.165, 1.54) is 56.6 Å². The Morgan fingerprint density at radius 2 is 1.56 bits per heavy atom. The second kappa shape index (κ2) is 9.98. The van der Waals surface area contributed by atoms with Crippen LogP contribution in [-0.2, 0) is 24.7 Å². The molecule has 1 N–H and O–H groups in total. The Morgan fingerprint density at radius 3 is 2.06 bits per heavy atom. The third-order valence-corrected chi connectivity index (χ3v) is 10.4. The molecule has 0 saturated heterocycles. The fourth-order valence-corrected chi connectivity index (χ4v) is 6.55. The number of allylic oxidation sites excluding steroid dienone is 1. The van der Waals surface area contributed by atoms with Gasteiger partial charge in [0.25, 0.3) is 5.91 Å². The maximum Gasteiger partial charge on any atom is 0.257 e. The summed E-state index contributed by atoms with van der Waals surface area (Å²) in [6, 6.07) is 8.48. The van der Waals surface area contributed by atoms with Gasteiger partial charge in [0, 0.05) is 25.9 Å². The van der Waals surface area contributed by atoms with Crippen LogP contribution in [0.5, 0.6) is 0 Å². The number of sulfone groups is 1. The predicted molar refractivity (Wildman–Crippen MR) is 131 cm³/mol. The number of sulfonamides is 1. The molecule has 3 atom stereocenters. The van der Waals surface area contributed by atoms with E-state index in [9.17, 15) is 30.4 Å². The number of nitrogens with one attached hydrogen (secondary N) is 1. The van der Waals surface area contributed by atoms with Gasteiger partial charge in [-0.1, -0.05) is 18.2 Å². The maximum absolute atomic E-state index is 13.8. The fourth-order valence-electron chi connectivity index (χ4n) is 4.04. The zero-order chi connectivity index (χ0) is 26.3. The Morgan fingerprint density at radius 1 is 0.972 bits per heavy atom. The van der Waals surface area contributed by atoms with Crippen molar-refractivity contribution in [2.75, 3.05) is 19.4 Å². The van der Waals surface area contributed by atoms with Crippen molar-refractivity contribution < 1.29 is 30.4 Å². The van der Waals surface area contributed by atoms with E-state index >= 15 is 0 Å². The molecule has 12 heteroatoms. The van der Waals surface area contributed by atoms with Gasteiger partial charge in [-0.05, 0) is 61.4 Å². The molecule has 2 aromatic rings. The Hall–Kier alpha value is -2.70. The van der Waals surface area contributed by atoms with Crippen LogP contribution in [0.2, 0.25) is 0 Å². The first kappa shape index (κ1) is 26.4. The average molecular weight is 540 g/mol. The number of amides is 1. The summed E-state index contributed by atoms with van der Waals surface area (Å²) in [6.45, 7) is 0. The molecule has 0 radical (unpaired) electrons. The lowest BCUT2D eigenvalue weighted by Crippen LogP contribution is -2.22. The molecule has 2 saturated carbocycles. The summed E-state index contributed by atoms with van der Waals surface area (Å²) in [5.74, 6) is -1.07. The molecule has 4 rings (SSSR count). The quantitative estimate of drug-likeness (QED) is 0.515. The van der Waals surface area contributed by atoms with Gasteiger partial charge in [-0.3, -0.25) is 4.79 Å².